The van der Waals surface area contributed by atoms with Crippen molar-refractivity contribution < 1.29 is 0 Å². The molecule has 0 spiro atoms. The van der Waals surface area contributed by atoms with Crippen LogP contribution in [0.3, 0.4) is 0 Å². The van der Waals surface area contributed by atoms with E-state index in [0.29, 0.717) is 37.0 Å². The Morgan fingerprint density at radius 2 is 1.89 bits per heavy atom. The van der Waals surface area contributed by atoms with E-state index >= 15 is 0 Å². The molecule has 3 nitrogen and oxygen atoms in total. The number of anilines is 2. The van der Waals surface area contributed by atoms with E-state index in [9.17, 15) is 0 Å². The lowest BCUT2D eigenvalue weighted by atomic mass is 10.2. The van der Waals surface area contributed by atoms with Crippen molar-refractivity contribution in [1.29, 1.82) is 5.26 Å². The summed E-state index contributed by atoms with van der Waals surface area (Å²) in [5.74, 6) is 0. The molecule has 1 heterocycles. The van der Waals surface area contributed by atoms with Crippen LogP contribution in [-0.2, 0) is 0 Å². The second-order valence-electron chi connectivity index (χ2n) is 3.45. The number of hydrogen-bond donors (Lipinski definition) is 1. The molecule has 0 aliphatic heterocycles. The summed E-state index contributed by atoms with van der Waals surface area (Å²) in [6.45, 7) is 1.77. The van der Waals surface area contributed by atoms with Crippen molar-refractivity contribution in [1.82, 2.24) is 4.37 Å². The highest BCUT2D eigenvalue weighted by Gasteiger charge is 2.14. The average molecular weight is 319 g/mol. The van der Waals surface area contributed by atoms with Crippen LogP contribution in [0.4, 0.5) is 10.7 Å². The Morgan fingerprint density at radius 3 is 2.44 bits per heavy atom. The zero-order valence-corrected chi connectivity index (χ0v) is 12.2. The molecular weight excluding hydrogens is 313 g/mol. The minimum absolute atomic E-state index is 0.391. The van der Waals surface area contributed by atoms with Crippen molar-refractivity contribution in [3.05, 3.63) is 38.5 Å². The van der Waals surface area contributed by atoms with Gasteiger partial charge in [0.15, 0.2) is 0 Å². The van der Waals surface area contributed by atoms with Gasteiger partial charge in [0.25, 0.3) is 0 Å². The van der Waals surface area contributed by atoms with Crippen LogP contribution in [0, 0.1) is 18.3 Å². The van der Waals surface area contributed by atoms with E-state index in [0.717, 1.165) is 0 Å². The number of benzene rings is 1. The van der Waals surface area contributed by atoms with E-state index in [1.54, 1.807) is 19.1 Å². The lowest BCUT2D eigenvalue weighted by molar-refractivity contribution is 1.31. The largest absolute Gasteiger partial charge is 0.342 e. The Morgan fingerprint density at radius 1 is 1.28 bits per heavy atom. The summed E-state index contributed by atoms with van der Waals surface area (Å²) in [6, 6.07) is 5.25. The van der Waals surface area contributed by atoms with Crippen LogP contribution in [0.1, 0.15) is 11.3 Å². The Kier molecular flexibility index (Phi) is 3.98. The predicted octanol–water partition coefficient (Wildman–Crippen LogP) is 5.03. The van der Waals surface area contributed by atoms with E-state index in [2.05, 4.69) is 15.8 Å². The van der Waals surface area contributed by atoms with E-state index in [-0.39, 0.29) is 0 Å². The van der Waals surface area contributed by atoms with Crippen molar-refractivity contribution in [2.75, 3.05) is 5.32 Å². The number of rotatable bonds is 2. The van der Waals surface area contributed by atoms with Gasteiger partial charge in [0, 0.05) is 5.02 Å². The Labute approximate surface area is 123 Å². The van der Waals surface area contributed by atoms with Crippen molar-refractivity contribution >= 4 is 57.0 Å². The van der Waals surface area contributed by atoms with Gasteiger partial charge in [-0.15, -0.1) is 0 Å². The Bertz CT molecular complexity index is 622. The molecule has 0 radical (unpaired) electrons. The average Bonchev–Trinajstić information content (AvgIpc) is 2.64. The lowest BCUT2D eigenvalue weighted by Crippen LogP contribution is -1.92. The first-order chi connectivity index (χ1) is 8.52. The number of hydrogen-bond acceptors (Lipinski definition) is 4. The fourth-order valence-corrected chi connectivity index (χ4v) is 3.03. The molecule has 1 aromatic heterocycles. The second-order valence-corrected chi connectivity index (χ2v) is 5.48. The first kappa shape index (κ1) is 13.4. The Hall–Kier alpha value is -0.990. The third-order valence-corrected chi connectivity index (χ3v) is 3.89. The summed E-state index contributed by atoms with van der Waals surface area (Å²) in [5, 5.41) is 13.9. The summed E-state index contributed by atoms with van der Waals surface area (Å²) in [6.07, 6.45) is 0. The highest BCUT2D eigenvalue weighted by molar-refractivity contribution is 7.10. The Balaban J connectivity index is 2.44. The molecule has 0 saturated heterocycles. The molecule has 1 N–H and O–H groups in total. The van der Waals surface area contributed by atoms with Gasteiger partial charge in [-0.3, -0.25) is 0 Å². The maximum Gasteiger partial charge on any atom is 0.132 e. The second kappa shape index (κ2) is 5.33. The van der Waals surface area contributed by atoms with Crippen molar-refractivity contribution in [2.45, 2.75) is 6.92 Å². The van der Waals surface area contributed by atoms with Crippen LogP contribution in [0.5, 0.6) is 0 Å². The van der Waals surface area contributed by atoms with E-state index < -0.39 is 0 Å². The molecular formula is C11H6Cl3N3S. The summed E-state index contributed by atoms with van der Waals surface area (Å²) < 4.78 is 4.10. The molecule has 0 fully saturated rings. The number of aryl methyl sites for hydroxylation is 1. The number of nitrogens with one attached hydrogen (secondary N) is 1. The SMILES string of the molecule is Cc1nsc(Nc2c(Cl)cc(Cl)cc2Cl)c1C#N. The molecule has 1 aromatic carbocycles. The molecule has 0 bridgehead atoms. The summed E-state index contributed by atoms with van der Waals surface area (Å²) >= 11 is 19.1. The van der Waals surface area contributed by atoms with Crippen LogP contribution in [0.2, 0.25) is 15.1 Å². The minimum Gasteiger partial charge on any atom is -0.342 e. The third kappa shape index (κ3) is 2.55. The predicted molar refractivity (Wildman–Crippen MR) is 76.3 cm³/mol. The fraction of sp³-hybridized carbons (Fsp3) is 0.0909. The van der Waals surface area contributed by atoms with Crippen molar-refractivity contribution in [2.24, 2.45) is 0 Å². The highest BCUT2D eigenvalue weighted by atomic mass is 35.5. The standard InChI is InChI=1S/C11H6Cl3N3S/c1-5-7(4-15)11(18-17-5)16-10-8(13)2-6(12)3-9(10)14/h2-3,16H,1H3. The molecule has 2 aromatic rings. The molecule has 0 amide bonds. The number of aromatic nitrogens is 1. The highest BCUT2D eigenvalue weighted by Crippen LogP contribution is 2.37. The van der Waals surface area contributed by atoms with Gasteiger partial charge in [-0.1, -0.05) is 34.8 Å². The van der Waals surface area contributed by atoms with Crippen molar-refractivity contribution in [3.63, 3.8) is 0 Å². The minimum atomic E-state index is 0.391. The van der Waals surface area contributed by atoms with Crippen LogP contribution < -0.4 is 5.32 Å². The zero-order chi connectivity index (χ0) is 13.3. The quantitative estimate of drug-likeness (QED) is 0.845. The monoisotopic (exact) mass is 317 g/mol. The maximum atomic E-state index is 9.04. The van der Waals surface area contributed by atoms with Gasteiger partial charge >= 0.3 is 0 Å². The van der Waals surface area contributed by atoms with Gasteiger partial charge in [-0.05, 0) is 30.6 Å². The normalized spacial score (nSPS) is 10.2. The molecule has 2 rings (SSSR count). The summed E-state index contributed by atoms with van der Waals surface area (Å²) in [4.78, 5) is 0. The van der Waals surface area contributed by atoms with Crippen LogP contribution in [0.25, 0.3) is 0 Å². The first-order valence-corrected chi connectivity index (χ1v) is 6.71. The molecule has 0 aliphatic rings. The molecule has 0 aliphatic carbocycles. The van der Waals surface area contributed by atoms with Gasteiger partial charge in [0.05, 0.1) is 21.4 Å². The topological polar surface area (TPSA) is 48.7 Å². The van der Waals surface area contributed by atoms with E-state index in [1.807, 2.05) is 0 Å². The van der Waals surface area contributed by atoms with Crippen LogP contribution in [0.15, 0.2) is 12.1 Å². The zero-order valence-electron chi connectivity index (χ0n) is 9.09. The van der Waals surface area contributed by atoms with Crippen LogP contribution in [-0.4, -0.2) is 4.37 Å². The summed E-state index contributed by atoms with van der Waals surface area (Å²) in [7, 11) is 0. The fourth-order valence-electron chi connectivity index (χ4n) is 1.36. The lowest BCUT2D eigenvalue weighted by Gasteiger charge is -2.09. The summed E-state index contributed by atoms with van der Waals surface area (Å²) in [5.41, 5.74) is 1.68. The van der Waals surface area contributed by atoms with Gasteiger partial charge < -0.3 is 5.32 Å². The number of nitriles is 1. The molecule has 7 heteroatoms. The first-order valence-electron chi connectivity index (χ1n) is 4.81. The maximum absolute atomic E-state index is 9.04. The van der Waals surface area contributed by atoms with Gasteiger partial charge in [0.1, 0.15) is 16.6 Å². The van der Waals surface area contributed by atoms with E-state index in [4.69, 9.17) is 40.1 Å². The number of nitrogens with zero attached hydrogens (tertiary/aromatic N) is 2. The molecule has 18 heavy (non-hydrogen) atoms. The van der Waals surface area contributed by atoms with Gasteiger partial charge in [-0.2, -0.15) is 9.64 Å². The van der Waals surface area contributed by atoms with Crippen LogP contribution >= 0.6 is 46.3 Å². The smallest absolute Gasteiger partial charge is 0.132 e. The van der Waals surface area contributed by atoms with E-state index in [1.165, 1.54) is 11.5 Å². The number of halogens is 3. The van der Waals surface area contributed by atoms with Gasteiger partial charge in [-0.25, -0.2) is 0 Å². The molecule has 92 valence electrons. The molecule has 0 atom stereocenters. The van der Waals surface area contributed by atoms with Gasteiger partial charge in [0.2, 0.25) is 0 Å². The molecule has 0 unspecified atom stereocenters. The van der Waals surface area contributed by atoms with Crippen molar-refractivity contribution in [3.8, 4) is 6.07 Å². The molecule has 0 saturated carbocycles. The third-order valence-electron chi connectivity index (χ3n) is 2.22.